The molecular formula is C19H23N3OS. The van der Waals surface area contributed by atoms with Gasteiger partial charge in [0.1, 0.15) is 5.01 Å². The first-order valence-corrected chi connectivity index (χ1v) is 9.84. The Kier molecular flexibility index (Phi) is 4.60. The number of hydrogen-bond acceptors (Lipinski definition) is 4. The number of carbonyl (C=O) groups excluding carboxylic acids is 1. The van der Waals surface area contributed by atoms with Crippen molar-refractivity contribution in [3.05, 3.63) is 35.5 Å². The summed E-state index contributed by atoms with van der Waals surface area (Å²) in [5, 5.41) is 2.90. The minimum absolute atomic E-state index is 0.252. The highest BCUT2D eigenvalue weighted by Gasteiger charge is 2.35. The van der Waals surface area contributed by atoms with Crippen LogP contribution >= 0.6 is 11.3 Å². The fraction of sp³-hybridized carbons (Fsp3) is 0.526. The molecule has 0 aromatic carbocycles. The van der Waals surface area contributed by atoms with Crippen LogP contribution in [0.3, 0.4) is 0 Å². The molecule has 0 unspecified atom stereocenters. The number of nitrogens with zero attached hydrogens (tertiary/aromatic N) is 3. The number of hydrogen-bond donors (Lipinski definition) is 0. The molecule has 1 atom stereocenters. The predicted octanol–water partition coefficient (Wildman–Crippen LogP) is 3.93. The van der Waals surface area contributed by atoms with E-state index in [0.29, 0.717) is 12.5 Å². The minimum atomic E-state index is 0.252. The van der Waals surface area contributed by atoms with Gasteiger partial charge in [-0.2, -0.15) is 0 Å². The molecule has 5 heteroatoms. The summed E-state index contributed by atoms with van der Waals surface area (Å²) in [7, 11) is 0. The van der Waals surface area contributed by atoms with E-state index in [0.717, 1.165) is 35.3 Å². The van der Waals surface area contributed by atoms with Crippen LogP contribution in [0, 0.1) is 5.92 Å². The van der Waals surface area contributed by atoms with Crippen LogP contribution in [-0.2, 0) is 11.2 Å². The highest BCUT2D eigenvalue weighted by Crippen LogP contribution is 2.35. The van der Waals surface area contributed by atoms with Gasteiger partial charge in [-0.05, 0) is 43.7 Å². The first kappa shape index (κ1) is 15.8. The normalized spacial score (nSPS) is 21.5. The Balaban J connectivity index is 1.43. The Bertz CT molecular complexity index is 694. The molecule has 1 aliphatic heterocycles. The van der Waals surface area contributed by atoms with Crippen LogP contribution < -0.4 is 0 Å². The van der Waals surface area contributed by atoms with Crippen molar-refractivity contribution in [2.75, 3.05) is 6.54 Å². The molecule has 24 heavy (non-hydrogen) atoms. The fourth-order valence-corrected chi connectivity index (χ4v) is 4.98. The van der Waals surface area contributed by atoms with E-state index < -0.39 is 0 Å². The number of amides is 1. The van der Waals surface area contributed by atoms with Gasteiger partial charge in [0.25, 0.3) is 0 Å². The van der Waals surface area contributed by atoms with Gasteiger partial charge in [-0.3, -0.25) is 9.78 Å². The lowest BCUT2D eigenvalue weighted by atomic mass is 9.96. The Labute approximate surface area is 146 Å². The number of likely N-dealkylation sites (tertiary alicyclic amines) is 1. The summed E-state index contributed by atoms with van der Waals surface area (Å²) in [4.78, 5) is 23.9. The molecular weight excluding hydrogens is 318 g/mol. The first-order valence-electron chi connectivity index (χ1n) is 8.96. The van der Waals surface area contributed by atoms with E-state index in [2.05, 4.69) is 14.9 Å². The Morgan fingerprint density at radius 3 is 2.88 bits per heavy atom. The largest absolute Gasteiger partial charge is 0.339 e. The molecule has 126 valence electrons. The Hall–Kier alpha value is -1.75. The second-order valence-electron chi connectivity index (χ2n) is 6.88. The average Bonchev–Trinajstić information content (AvgIpc) is 3.36. The molecule has 2 aliphatic rings. The third-order valence-electron chi connectivity index (χ3n) is 5.33. The van der Waals surface area contributed by atoms with Crippen LogP contribution in [-0.4, -0.2) is 33.4 Å². The monoisotopic (exact) mass is 341 g/mol. The van der Waals surface area contributed by atoms with Crippen LogP contribution in [0.15, 0.2) is 29.8 Å². The lowest BCUT2D eigenvalue weighted by molar-refractivity contribution is -0.132. The minimum Gasteiger partial charge on any atom is -0.339 e. The summed E-state index contributed by atoms with van der Waals surface area (Å²) in [5.41, 5.74) is 1.76. The summed E-state index contributed by atoms with van der Waals surface area (Å²) >= 11 is 1.57. The molecule has 1 saturated heterocycles. The zero-order valence-electron chi connectivity index (χ0n) is 13.9. The summed E-state index contributed by atoms with van der Waals surface area (Å²) in [6.07, 6.45) is 9.82. The number of pyridine rings is 1. The Morgan fingerprint density at radius 1 is 1.21 bits per heavy atom. The van der Waals surface area contributed by atoms with Crippen LogP contribution in [0.4, 0.5) is 0 Å². The van der Waals surface area contributed by atoms with Crippen molar-refractivity contribution >= 4 is 17.2 Å². The zero-order valence-corrected chi connectivity index (χ0v) is 14.7. The standard InChI is InChI=1S/C19H23N3OS/c23-18(22-11-5-9-17(22)14-6-1-2-7-14)12-15-13-24-19(21-15)16-8-3-4-10-20-16/h3-4,8,10,13-14,17H,1-2,5-7,9,11-12H2/t17-/m1/s1. The molecule has 1 aliphatic carbocycles. The molecule has 1 amide bonds. The van der Waals surface area contributed by atoms with Gasteiger partial charge in [0, 0.05) is 24.2 Å². The van der Waals surface area contributed by atoms with Gasteiger partial charge in [0.2, 0.25) is 5.91 Å². The molecule has 4 nitrogen and oxygen atoms in total. The maximum Gasteiger partial charge on any atom is 0.228 e. The third-order valence-corrected chi connectivity index (χ3v) is 6.25. The van der Waals surface area contributed by atoms with Gasteiger partial charge in [-0.15, -0.1) is 11.3 Å². The smallest absolute Gasteiger partial charge is 0.228 e. The molecule has 0 radical (unpaired) electrons. The van der Waals surface area contributed by atoms with E-state index in [1.165, 1.54) is 32.1 Å². The molecule has 1 saturated carbocycles. The van der Waals surface area contributed by atoms with Gasteiger partial charge in [-0.25, -0.2) is 4.98 Å². The highest BCUT2D eigenvalue weighted by atomic mass is 32.1. The van der Waals surface area contributed by atoms with E-state index in [-0.39, 0.29) is 5.91 Å². The molecule has 2 aromatic heterocycles. The number of aromatic nitrogens is 2. The molecule has 2 fully saturated rings. The lowest BCUT2D eigenvalue weighted by Crippen LogP contribution is -2.40. The summed E-state index contributed by atoms with van der Waals surface area (Å²) in [6.45, 7) is 0.928. The Morgan fingerprint density at radius 2 is 2.08 bits per heavy atom. The van der Waals surface area contributed by atoms with Crippen LogP contribution in [0.25, 0.3) is 10.7 Å². The van der Waals surface area contributed by atoms with E-state index in [1.54, 1.807) is 17.5 Å². The third kappa shape index (κ3) is 3.22. The van der Waals surface area contributed by atoms with Crippen molar-refractivity contribution < 1.29 is 4.79 Å². The van der Waals surface area contributed by atoms with Crippen molar-refractivity contribution in [3.63, 3.8) is 0 Å². The maximum absolute atomic E-state index is 12.8. The number of rotatable bonds is 4. The van der Waals surface area contributed by atoms with E-state index in [4.69, 9.17) is 0 Å². The van der Waals surface area contributed by atoms with Gasteiger partial charge in [0.15, 0.2) is 0 Å². The highest BCUT2D eigenvalue weighted by molar-refractivity contribution is 7.13. The quantitative estimate of drug-likeness (QED) is 0.846. The molecule has 0 spiro atoms. The van der Waals surface area contributed by atoms with Gasteiger partial charge in [0.05, 0.1) is 17.8 Å². The predicted molar refractivity (Wildman–Crippen MR) is 95.7 cm³/mol. The van der Waals surface area contributed by atoms with Crippen molar-refractivity contribution in [1.29, 1.82) is 0 Å². The van der Waals surface area contributed by atoms with Crippen LogP contribution in [0.2, 0.25) is 0 Å². The zero-order chi connectivity index (χ0) is 16.4. The molecule has 2 aromatic rings. The first-order chi connectivity index (χ1) is 11.8. The van der Waals surface area contributed by atoms with Crippen LogP contribution in [0.1, 0.15) is 44.2 Å². The number of thiazole rings is 1. The van der Waals surface area contributed by atoms with Crippen molar-refractivity contribution in [2.45, 2.75) is 51.0 Å². The summed E-state index contributed by atoms with van der Waals surface area (Å²) < 4.78 is 0. The van der Waals surface area contributed by atoms with Gasteiger partial charge in [-0.1, -0.05) is 18.9 Å². The van der Waals surface area contributed by atoms with Crippen molar-refractivity contribution in [3.8, 4) is 10.7 Å². The topological polar surface area (TPSA) is 46.1 Å². The van der Waals surface area contributed by atoms with Crippen molar-refractivity contribution in [1.82, 2.24) is 14.9 Å². The SMILES string of the molecule is O=C(Cc1csc(-c2ccccn2)n1)N1CCC[C@@H]1C1CCCC1. The van der Waals surface area contributed by atoms with Gasteiger partial charge < -0.3 is 4.90 Å². The van der Waals surface area contributed by atoms with Crippen molar-refractivity contribution in [2.24, 2.45) is 5.92 Å². The lowest BCUT2D eigenvalue weighted by Gasteiger charge is -2.29. The van der Waals surface area contributed by atoms with Gasteiger partial charge >= 0.3 is 0 Å². The average molecular weight is 341 g/mol. The maximum atomic E-state index is 12.8. The van der Waals surface area contributed by atoms with Crippen LogP contribution in [0.5, 0.6) is 0 Å². The molecule has 0 N–H and O–H groups in total. The molecule has 4 rings (SSSR count). The number of carbonyl (C=O) groups is 1. The second-order valence-corrected chi connectivity index (χ2v) is 7.74. The van der Waals surface area contributed by atoms with E-state index >= 15 is 0 Å². The summed E-state index contributed by atoms with van der Waals surface area (Å²) in [6, 6.07) is 6.30. The summed E-state index contributed by atoms with van der Waals surface area (Å²) in [5.74, 6) is 0.984. The second kappa shape index (κ2) is 7.01. The van der Waals surface area contributed by atoms with E-state index in [1.807, 2.05) is 23.6 Å². The fourth-order valence-electron chi connectivity index (χ4n) is 4.19. The molecule has 3 heterocycles. The molecule has 0 bridgehead atoms. The van der Waals surface area contributed by atoms with E-state index in [9.17, 15) is 4.79 Å².